The summed E-state index contributed by atoms with van der Waals surface area (Å²) in [6.07, 6.45) is 4.69. The largest absolute Gasteiger partial charge is 0.396 e. The van der Waals surface area contributed by atoms with E-state index in [9.17, 15) is 0 Å². The first kappa shape index (κ1) is 11.1. The quantitative estimate of drug-likeness (QED) is 0.696. The molecule has 0 spiro atoms. The number of hydrogen-bond acceptors (Lipinski definition) is 3. The summed E-state index contributed by atoms with van der Waals surface area (Å²) in [4.78, 5) is 1.45. The van der Waals surface area contributed by atoms with Crippen molar-refractivity contribution in [3.05, 3.63) is 22.4 Å². The summed E-state index contributed by atoms with van der Waals surface area (Å²) < 4.78 is 0. The number of nitrogens with one attached hydrogen (secondary N) is 1. The second-order valence-corrected chi connectivity index (χ2v) is 5.51. The van der Waals surface area contributed by atoms with Gasteiger partial charge in [-0.25, -0.2) is 0 Å². The van der Waals surface area contributed by atoms with Crippen LogP contribution in [0.2, 0.25) is 0 Å². The number of thiophene rings is 1. The second-order valence-electron chi connectivity index (χ2n) is 4.48. The van der Waals surface area contributed by atoms with Gasteiger partial charge in [0.05, 0.1) is 0 Å². The second kappa shape index (κ2) is 5.10. The fourth-order valence-corrected chi connectivity index (χ4v) is 2.66. The van der Waals surface area contributed by atoms with Gasteiger partial charge in [0.25, 0.3) is 0 Å². The Morgan fingerprint density at radius 2 is 2.33 bits per heavy atom. The highest BCUT2D eigenvalue weighted by molar-refractivity contribution is 7.09. The Bertz CT molecular complexity index is 280. The van der Waals surface area contributed by atoms with Crippen LogP contribution in [0.15, 0.2) is 17.5 Å². The van der Waals surface area contributed by atoms with Gasteiger partial charge < -0.3 is 10.4 Å². The molecule has 84 valence electrons. The molecule has 1 heterocycles. The Morgan fingerprint density at radius 3 is 2.93 bits per heavy atom. The van der Waals surface area contributed by atoms with Crippen LogP contribution >= 0.6 is 11.3 Å². The van der Waals surface area contributed by atoms with E-state index in [1.165, 1.54) is 17.7 Å². The molecule has 1 aromatic rings. The summed E-state index contributed by atoms with van der Waals surface area (Å²) >= 11 is 1.83. The van der Waals surface area contributed by atoms with Crippen LogP contribution < -0.4 is 5.32 Å². The first-order chi connectivity index (χ1) is 7.35. The van der Waals surface area contributed by atoms with Crippen LogP contribution in [0.1, 0.15) is 24.1 Å². The van der Waals surface area contributed by atoms with E-state index in [-0.39, 0.29) is 0 Å². The Balaban J connectivity index is 1.59. The van der Waals surface area contributed by atoms with Gasteiger partial charge in [-0.15, -0.1) is 11.3 Å². The fourth-order valence-electron chi connectivity index (χ4n) is 1.95. The molecule has 0 saturated heterocycles. The normalized spacial score (nSPS) is 17.9. The Morgan fingerprint density at radius 1 is 1.47 bits per heavy atom. The van der Waals surface area contributed by atoms with Crippen LogP contribution in [-0.2, 0) is 6.42 Å². The minimum absolute atomic E-state index is 0.340. The fraction of sp³-hybridized carbons (Fsp3) is 0.667. The summed E-state index contributed by atoms with van der Waals surface area (Å²) in [6, 6.07) is 4.29. The Kier molecular flexibility index (Phi) is 3.78. The molecule has 0 aromatic carbocycles. The third kappa shape index (κ3) is 3.30. The van der Waals surface area contributed by atoms with Crippen LogP contribution in [0.4, 0.5) is 0 Å². The summed E-state index contributed by atoms with van der Waals surface area (Å²) in [5, 5.41) is 14.6. The third-order valence-corrected chi connectivity index (χ3v) is 4.16. The monoisotopic (exact) mass is 225 g/mol. The van der Waals surface area contributed by atoms with Crippen molar-refractivity contribution in [1.82, 2.24) is 5.32 Å². The van der Waals surface area contributed by atoms with Gasteiger partial charge >= 0.3 is 0 Å². The predicted octanol–water partition coefficient (Wildman–Crippen LogP) is 2.04. The number of hydrogen-bond donors (Lipinski definition) is 2. The molecule has 0 atom stereocenters. The highest BCUT2D eigenvalue weighted by Gasteiger charge is 2.41. The van der Waals surface area contributed by atoms with Crippen LogP contribution in [0, 0.1) is 5.41 Å². The predicted molar refractivity (Wildman–Crippen MR) is 64.3 cm³/mol. The molecule has 1 aliphatic rings. The summed E-state index contributed by atoms with van der Waals surface area (Å²) in [7, 11) is 0. The van der Waals surface area contributed by atoms with Gasteiger partial charge in [0.15, 0.2) is 0 Å². The van der Waals surface area contributed by atoms with Crippen molar-refractivity contribution in [2.24, 2.45) is 5.41 Å². The Labute approximate surface area is 95.3 Å². The van der Waals surface area contributed by atoms with Crippen LogP contribution in [0.25, 0.3) is 0 Å². The van der Waals surface area contributed by atoms with Crippen molar-refractivity contribution in [1.29, 1.82) is 0 Å². The van der Waals surface area contributed by atoms with Crippen LogP contribution in [-0.4, -0.2) is 24.8 Å². The van der Waals surface area contributed by atoms with E-state index in [4.69, 9.17) is 5.11 Å². The van der Waals surface area contributed by atoms with Crippen molar-refractivity contribution in [2.45, 2.75) is 25.7 Å². The lowest BCUT2D eigenvalue weighted by Crippen LogP contribution is -2.26. The average molecular weight is 225 g/mol. The molecule has 1 fully saturated rings. The molecule has 2 N–H and O–H groups in total. The van der Waals surface area contributed by atoms with Crippen molar-refractivity contribution in [3.8, 4) is 0 Å². The standard InChI is InChI=1S/C12H19NOS/c14-8-6-12(4-5-12)10-13-7-3-11-2-1-9-15-11/h1-2,9,13-14H,3-8,10H2. The number of aliphatic hydroxyl groups excluding tert-OH is 1. The smallest absolute Gasteiger partial charge is 0.0436 e. The lowest BCUT2D eigenvalue weighted by atomic mass is 10.0. The summed E-state index contributed by atoms with van der Waals surface area (Å²) in [5.41, 5.74) is 0.449. The maximum Gasteiger partial charge on any atom is 0.0436 e. The van der Waals surface area contributed by atoms with Crippen molar-refractivity contribution in [2.75, 3.05) is 19.7 Å². The zero-order chi connectivity index (χ0) is 10.6. The van der Waals surface area contributed by atoms with E-state index in [0.717, 1.165) is 25.9 Å². The minimum Gasteiger partial charge on any atom is -0.396 e. The van der Waals surface area contributed by atoms with Crippen molar-refractivity contribution in [3.63, 3.8) is 0 Å². The minimum atomic E-state index is 0.340. The molecule has 15 heavy (non-hydrogen) atoms. The van der Waals surface area contributed by atoms with Crippen molar-refractivity contribution < 1.29 is 5.11 Å². The molecule has 1 saturated carbocycles. The van der Waals surface area contributed by atoms with Crippen LogP contribution in [0.3, 0.4) is 0 Å². The molecular formula is C12H19NOS. The highest BCUT2D eigenvalue weighted by atomic mass is 32.1. The first-order valence-electron chi connectivity index (χ1n) is 5.69. The third-order valence-electron chi connectivity index (χ3n) is 3.23. The molecule has 3 heteroatoms. The lowest BCUT2D eigenvalue weighted by molar-refractivity contribution is 0.245. The SMILES string of the molecule is OCCC1(CNCCc2cccs2)CC1. The molecule has 0 unspecified atom stereocenters. The molecule has 2 rings (SSSR count). The van der Waals surface area contributed by atoms with Gasteiger partial charge in [0.2, 0.25) is 0 Å². The zero-order valence-corrected chi connectivity index (χ0v) is 9.85. The average Bonchev–Trinajstić information content (AvgIpc) is 2.80. The maximum atomic E-state index is 8.92. The van der Waals surface area contributed by atoms with Crippen molar-refractivity contribution >= 4 is 11.3 Å². The molecule has 1 aromatic heterocycles. The molecule has 0 bridgehead atoms. The van der Waals surface area contributed by atoms with Gasteiger partial charge in [0.1, 0.15) is 0 Å². The Hall–Kier alpha value is -0.380. The molecule has 0 radical (unpaired) electrons. The van der Waals surface area contributed by atoms with E-state index >= 15 is 0 Å². The van der Waals surface area contributed by atoms with E-state index in [0.29, 0.717) is 12.0 Å². The topological polar surface area (TPSA) is 32.3 Å². The molecule has 0 aliphatic heterocycles. The molecule has 0 amide bonds. The van der Waals surface area contributed by atoms with Gasteiger partial charge in [-0.05, 0) is 49.1 Å². The lowest BCUT2D eigenvalue weighted by Gasteiger charge is -2.14. The van der Waals surface area contributed by atoms with Gasteiger partial charge in [-0.3, -0.25) is 0 Å². The molecular weight excluding hydrogens is 206 g/mol. The van der Waals surface area contributed by atoms with Gasteiger partial charge in [-0.1, -0.05) is 6.07 Å². The van der Waals surface area contributed by atoms with Gasteiger partial charge in [0, 0.05) is 18.0 Å². The highest BCUT2D eigenvalue weighted by Crippen LogP contribution is 2.47. The van der Waals surface area contributed by atoms with Crippen LogP contribution in [0.5, 0.6) is 0 Å². The molecule has 2 nitrogen and oxygen atoms in total. The summed E-state index contributed by atoms with van der Waals surface area (Å²) in [6.45, 7) is 2.49. The van der Waals surface area contributed by atoms with E-state index in [1.807, 2.05) is 11.3 Å². The molecule has 1 aliphatic carbocycles. The van der Waals surface area contributed by atoms with E-state index in [2.05, 4.69) is 22.8 Å². The zero-order valence-electron chi connectivity index (χ0n) is 9.04. The van der Waals surface area contributed by atoms with Gasteiger partial charge in [-0.2, -0.15) is 0 Å². The maximum absolute atomic E-state index is 8.92. The summed E-state index contributed by atoms with van der Waals surface area (Å²) in [5.74, 6) is 0. The first-order valence-corrected chi connectivity index (χ1v) is 6.57. The van der Waals surface area contributed by atoms with E-state index in [1.54, 1.807) is 0 Å². The number of aliphatic hydroxyl groups is 1. The van der Waals surface area contributed by atoms with E-state index < -0.39 is 0 Å². The number of rotatable bonds is 7.